The molecule has 0 unspecified atom stereocenters. The van der Waals surface area contributed by atoms with E-state index in [9.17, 15) is 15.0 Å². The summed E-state index contributed by atoms with van der Waals surface area (Å²) in [6, 6.07) is 14.1. The SMILES string of the molecule is CC(=O)Oc1ccc([C@@H](O)CNCCc2ccc3c(c2)O[C@H](COCc2ccc(Cl)nc2Cl)CO3)cc1CO. The minimum atomic E-state index is -0.791. The van der Waals surface area contributed by atoms with E-state index in [-0.39, 0.29) is 25.1 Å². The molecule has 0 spiro atoms. The summed E-state index contributed by atoms with van der Waals surface area (Å²) in [5.41, 5.74) is 2.84. The third kappa shape index (κ3) is 8.28. The second-order valence-electron chi connectivity index (χ2n) is 9.02. The van der Waals surface area contributed by atoms with Gasteiger partial charge in [0.05, 0.1) is 25.9 Å². The molecule has 1 aliphatic rings. The number of halogens is 2. The van der Waals surface area contributed by atoms with Crippen LogP contribution in [0.3, 0.4) is 0 Å². The number of carbonyl (C=O) groups is 1. The van der Waals surface area contributed by atoms with Crippen LogP contribution < -0.4 is 19.5 Å². The van der Waals surface area contributed by atoms with Crippen molar-refractivity contribution in [2.75, 3.05) is 26.3 Å². The molecule has 2 aromatic carbocycles. The molecule has 208 valence electrons. The molecule has 1 aliphatic heterocycles. The Morgan fingerprint density at radius 3 is 2.77 bits per heavy atom. The van der Waals surface area contributed by atoms with Crippen molar-refractivity contribution in [2.45, 2.75) is 38.8 Å². The van der Waals surface area contributed by atoms with Crippen molar-refractivity contribution < 1.29 is 34.0 Å². The van der Waals surface area contributed by atoms with Crippen LogP contribution in [0.25, 0.3) is 0 Å². The van der Waals surface area contributed by atoms with Crippen LogP contribution in [0.1, 0.15) is 35.3 Å². The van der Waals surface area contributed by atoms with Gasteiger partial charge < -0.3 is 34.5 Å². The Hall–Kier alpha value is -2.92. The molecular weight excluding hydrogens is 547 g/mol. The van der Waals surface area contributed by atoms with Crippen LogP contribution >= 0.6 is 23.2 Å². The molecule has 3 N–H and O–H groups in total. The molecular formula is C28H30Cl2N2O7. The van der Waals surface area contributed by atoms with Crippen molar-refractivity contribution in [3.8, 4) is 17.2 Å². The van der Waals surface area contributed by atoms with Gasteiger partial charge in [-0.05, 0) is 54.4 Å². The Balaban J connectivity index is 1.23. The lowest BCUT2D eigenvalue weighted by Gasteiger charge is -2.27. The second-order valence-corrected chi connectivity index (χ2v) is 9.77. The third-order valence-corrected chi connectivity index (χ3v) is 6.54. The van der Waals surface area contributed by atoms with Crippen molar-refractivity contribution in [2.24, 2.45) is 0 Å². The highest BCUT2D eigenvalue weighted by molar-refractivity contribution is 6.32. The number of nitrogens with one attached hydrogen (secondary N) is 1. The molecule has 0 radical (unpaired) electrons. The topological polar surface area (TPSA) is 119 Å². The van der Waals surface area contributed by atoms with Crippen LogP contribution in [0.2, 0.25) is 10.3 Å². The van der Waals surface area contributed by atoms with E-state index in [4.69, 9.17) is 42.1 Å². The smallest absolute Gasteiger partial charge is 0.308 e. The van der Waals surface area contributed by atoms with Crippen LogP contribution in [-0.4, -0.2) is 53.6 Å². The summed E-state index contributed by atoms with van der Waals surface area (Å²) in [4.78, 5) is 15.2. The molecule has 0 saturated heterocycles. The zero-order chi connectivity index (χ0) is 27.8. The lowest BCUT2D eigenvalue weighted by Crippen LogP contribution is -2.33. The molecule has 0 saturated carbocycles. The molecule has 0 bridgehead atoms. The minimum absolute atomic E-state index is 0.267. The van der Waals surface area contributed by atoms with Crippen LogP contribution in [0.5, 0.6) is 17.2 Å². The predicted molar refractivity (Wildman–Crippen MR) is 145 cm³/mol. The lowest BCUT2D eigenvalue weighted by molar-refractivity contribution is -0.131. The molecule has 2 heterocycles. The highest BCUT2D eigenvalue weighted by Gasteiger charge is 2.22. The number of aliphatic hydroxyl groups excluding tert-OH is 2. The number of carbonyl (C=O) groups excluding carboxylic acids is 1. The molecule has 0 amide bonds. The first-order valence-electron chi connectivity index (χ1n) is 12.4. The number of nitrogens with zero attached hydrogens (tertiary/aromatic N) is 1. The van der Waals surface area contributed by atoms with Crippen molar-refractivity contribution in [3.63, 3.8) is 0 Å². The van der Waals surface area contributed by atoms with Gasteiger partial charge in [0.1, 0.15) is 22.7 Å². The third-order valence-electron chi connectivity index (χ3n) is 6.00. The van der Waals surface area contributed by atoms with Gasteiger partial charge in [-0.2, -0.15) is 0 Å². The maximum atomic E-state index is 11.2. The quantitative estimate of drug-likeness (QED) is 0.127. The summed E-state index contributed by atoms with van der Waals surface area (Å²) in [6.45, 7) is 2.90. The van der Waals surface area contributed by atoms with E-state index < -0.39 is 12.1 Å². The van der Waals surface area contributed by atoms with Crippen LogP contribution in [0.15, 0.2) is 48.5 Å². The molecule has 9 nitrogen and oxygen atoms in total. The largest absolute Gasteiger partial charge is 0.486 e. The monoisotopic (exact) mass is 576 g/mol. The number of hydrogen-bond donors (Lipinski definition) is 3. The number of fused-ring (bicyclic) bond motifs is 1. The summed E-state index contributed by atoms with van der Waals surface area (Å²) in [6.07, 6.45) is -0.350. The number of benzene rings is 2. The first kappa shape index (κ1) is 29.1. The minimum Gasteiger partial charge on any atom is -0.486 e. The highest BCUT2D eigenvalue weighted by Crippen LogP contribution is 2.33. The number of esters is 1. The average molecular weight is 577 g/mol. The molecule has 11 heteroatoms. The first-order chi connectivity index (χ1) is 18.8. The summed E-state index contributed by atoms with van der Waals surface area (Å²) < 4.78 is 22.8. The van der Waals surface area contributed by atoms with Crippen molar-refractivity contribution in [3.05, 3.63) is 81.1 Å². The molecule has 0 fully saturated rings. The van der Waals surface area contributed by atoms with Gasteiger partial charge in [0.2, 0.25) is 0 Å². The number of pyridine rings is 1. The molecule has 2 atom stereocenters. The van der Waals surface area contributed by atoms with E-state index in [1.807, 2.05) is 18.2 Å². The Morgan fingerprint density at radius 1 is 1.15 bits per heavy atom. The number of hydrogen-bond acceptors (Lipinski definition) is 9. The Morgan fingerprint density at radius 2 is 2.00 bits per heavy atom. The molecule has 1 aromatic heterocycles. The van der Waals surface area contributed by atoms with E-state index in [0.29, 0.717) is 65.7 Å². The number of aliphatic hydroxyl groups is 2. The van der Waals surface area contributed by atoms with E-state index in [1.165, 1.54) is 6.92 Å². The maximum Gasteiger partial charge on any atom is 0.308 e. The summed E-state index contributed by atoms with van der Waals surface area (Å²) in [7, 11) is 0. The zero-order valence-electron chi connectivity index (χ0n) is 21.4. The zero-order valence-corrected chi connectivity index (χ0v) is 22.9. The first-order valence-corrected chi connectivity index (χ1v) is 13.2. The summed E-state index contributed by atoms with van der Waals surface area (Å²) in [5, 5.41) is 24.0. The molecule has 3 aromatic rings. The maximum absolute atomic E-state index is 11.2. The standard InChI is InChI=1S/C28H30Cl2N2O7/c1-17(34)38-24-6-3-19(11-21(24)13-33)23(35)12-31-9-8-18-2-5-25-26(10-18)39-22(16-37-25)15-36-14-20-4-7-27(29)32-28(20)30/h2-7,10-11,22-23,31,33,35H,8-9,12-16H2,1H3/t22-,23+/m1/s1. The fourth-order valence-corrected chi connectivity index (χ4v) is 4.42. The van der Waals surface area contributed by atoms with Crippen LogP contribution in [0, 0.1) is 0 Å². The summed E-state index contributed by atoms with van der Waals surface area (Å²) in [5.74, 6) is 1.15. The van der Waals surface area contributed by atoms with Crippen molar-refractivity contribution in [1.29, 1.82) is 0 Å². The van der Waals surface area contributed by atoms with Crippen LogP contribution in [0.4, 0.5) is 0 Å². The average Bonchev–Trinajstić information content (AvgIpc) is 2.92. The molecule has 4 rings (SSSR count). The number of rotatable bonds is 12. The van der Waals surface area contributed by atoms with Crippen molar-refractivity contribution in [1.82, 2.24) is 10.3 Å². The van der Waals surface area contributed by atoms with Gasteiger partial charge >= 0.3 is 5.97 Å². The Labute approximate surface area is 236 Å². The summed E-state index contributed by atoms with van der Waals surface area (Å²) >= 11 is 11.9. The van der Waals surface area contributed by atoms with Gasteiger partial charge in [0.25, 0.3) is 0 Å². The van der Waals surface area contributed by atoms with E-state index in [1.54, 1.807) is 30.3 Å². The van der Waals surface area contributed by atoms with Gasteiger partial charge in [-0.3, -0.25) is 4.79 Å². The number of aromatic nitrogens is 1. The fourth-order valence-electron chi connectivity index (χ4n) is 4.02. The van der Waals surface area contributed by atoms with Crippen molar-refractivity contribution >= 4 is 29.2 Å². The normalized spacial score (nSPS) is 15.2. The molecule has 39 heavy (non-hydrogen) atoms. The second kappa shape index (κ2) is 13.9. The highest BCUT2D eigenvalue weighted by atomic mass is 35.5. The Kier molecular flexibility index (Phi) is 10.4. The van der Waals surface area contributed by atoms with Gasteiger partial charge in [-0.15, -0.1) is 0 Å². The predicted octanol–water partition coefficient (Wildman–Crippen LogP) is 4.03. The van der Waals surface area contributed by atoms with Crippen LogP contribution in [-0.2, 0) is 29.2 Å². The van der Waals surface area contributed by atoms with E-state index in [2.05, 4.69) is 10.3 Å². The molecule has 0 aliphatic carbocycles. The van der Waals surface area contributed by atoms with Gasteiger partial charge in [0.15, 0.2) is 17.6 Å². The van der Waals surface area contributed by atoms with E-state index >= 15 is 0 Å². The Bertz CT molecular complexity index is 1290. The van der Waals surface area contributed by atoms with Gasteiger partial charge in [0, 0.05) is 24.6 Å². The van der Waals surface area contributed by atoms with E-state index in [0.717, 1.165) is 11.1 Å². The fraction of sp³-hybridized carbons (Fsp3) is 0.357. The van der Waals surface area contributed by atoms with Gasteiger partial charge in [-0.25, -0.2) is 4.98 Å². The number of ether oxygens (including phenoxy) is 4. The van der Waals surface area contributed by atoms with Gasteiger partial charge in [-0.1, -0.05) is 41.4 Å². The lowest BCUT2D eigenvalue weighted by atomic mass is 10.0.